The van der Waals surface area contributed by atoms with Crippen molar-refractivity contribution in [3.63, 3.8) is 0 Å². The minimum atomic E-state index is -0.258. The molecule has 1 rings (SSSR count). The number of hydrogen-bond acceptors (Lipinski definition) is 3. The Morgan fingerprint density at radius 2 is 1.94 bits per heavy atom. The van der Waals surface area contributed by atoms with Gasteiger partial charge in [0.15, 0.2) is 0 Å². The fourth-order valence-electron chi connectivity index (χ4n) is 1.80. The van der Waals surface area contributed by atoms with Gasteiger partial charge < -0.3 is 9.53 Å². The van der Waals surface area contributed by atoms with Crippen LogP contribution in [0.4, 0.5) is 0 Å². The number of ether oxygens (including phenoxy) is 1. The first-order chi connectivity index (χ1) is 8.01. The van der Waals surface area contributed by atoms with Crippen LogP contribution in [0.1, 0.15) is 36.9 Å². The maximum Gasteiger partial charge on any atom is 0.141 e. The summed E-state index contributed by atoms with van der Waals surface area (Å²) >= 11 is 0. The molecule has 0 bridgehead atoms. The van der Waals surface area contributed by atoms with Crippen LogP contribution in [0.5, 0.6) is 5.75 Å². The molecule has 0 aliphatic heterocycles. The molecule has 1 atom stereocenters. The third-order valence-corrected chi connectivity index (χ3v) is 2.93. The summed E-state index contributed by atoms with van der Waals surface area (Å²) in [6.07, 6.45) is 0.937. The first kappa shape index (κ1) is 13.7. The molecule has 0 aliphatic rings. The SMILES string of the molecule is COc1cc(C(C)C)ccc1C(C=O)N(C)C. The lowest BCUT2D eigenvalue weighted by atomic mass is 9.98. The number of methoxy groups -OCH3 is 1. The monoisotopic (exact) mass is 235 g/mol. The summed E-state index contributed by atoms with van der Waals surface area (Å²) in [5, 5.41) is 0. The number of carbonyl (C=O) groups is 1. The van der Waals surface area contributed by atoms with Gasteiger partial charge in [-0.1, -0.05) is 26.0 Å². The van der Waals surface area contributed by atoms with E-state index in [-0.39, 0.29) is 6.04 Å². The predicted molar refractivity (Wildman–Crippen MR) is 69.6 cm³/mol. The van der Waals surface area contributed by atoms with Gasteiger partial charge in [0.2, 0.25) is 0 Å². The van der Waals surface area contributed by atoms with Gasteiger partial charge in [0.05, 0.1) is 13.2 Å². The zero-order chi connectivity index (χ0) is 13.0. The van der Waals surface area contributed by atoms with Gasteiger partial charge in [0.25, 0.3) is 0 Å². The van der Waals surface area contributed by atoms with E-state index in [0.717, 1.165) is 17.6 Å². The average Bonchev–Trinajstić information content (AvgIpc) is 2.29. The molecule has 0 N–H and O–H groups in total. The molecule has 1 aromatic carbocycles. The molecule has 1 unspecified atom stereocenters. The van der Waals surface area contributed by atoms with Crippen LogP contribution in [0.3, 0.4) is 0 Å². The lowest BCUT2D eigenvalue weighted by Crippen LogP contribution is -2.21. The largest absolute Gasteiger partial charge is 0.496 e. The van der Waals surface area contributed by atoms with E-state index >= 15 is 0 Å². The zero-order valence-electron chi connectivity index (χ0n) is 11.2. The van der Waals surface area contributed by atoms with Gasteiger partial charge >= 0.3 is 0 Å². The minimum Gasteiger partial charge on any atom is -0.496 e. The highest BCUT2D eigenvalue weighted by molar-refractivity contribution is 5.64. The quantitative estimate of drug-likeness (QED) is 0.735. The van der Waals surface area contributed by atoms with Crippen molar-refractivity contribution in [1.82, 2.24) is 4.90 Å². The number of rotatable bonds is 5. The van der Waals surface area contributed by atoms with Crippen molar-refractivity contribution in [2.24, 2.45) is 0 Å². The number of hydrogen-bond donors (Lipinski definition) is 0. The number of likely N-dealkylation sites (N-methyl/N-ethyl adjacent to an activating group) is 1. The molecule has 0 fully saturated rings. The Morgan fingerprint density at radius 3 is 2.35 bits per heavy atom. The Morgan fingerprint density at radius 1 is 1.29 bits per heavy atom. The van der Waals surface area contributed by atoms with E-state index in [9.17, 15) is 4.79 Å². The van der Waals surface area contributed by atoms with Gasteiger partial charge in [-0.3, -0.25) is 4.90 Å². The summed E-state index contributed by atoms with van der Waals surface area (Å²) in [6, 6.07) is 5.79. The molecule has 0 saturated heterocycles. The van der Waals surface area contributed by atoms with E-state index in [2.05, 4.69) is 19.9 Å². The minimum absolute atomic E-state index is 0.258. The van der Waals surface area contributed by atoms with Gasteiger partial charge in [0.1, 0.15) is 12.0 Å². The van der Waals surface area contributed by atoms with Crippen molar-refractivity contribution in [3.8, 4) is 5.75 Å². The molecular weight excluding hydrogens is 214 g/mol. The predicted octanol–water partition coefficient (Wildman–Crippen LogP) is 2.62. The normalized spacial score (nSPS) is 12.9. The van der Waals surface area contributed by atoms with E-state index in [1.54, 1.807) is 7.11 Å². The van der Waals surface area contributed by atoms with Gasteiger partial charge in [-0.05, 0) is 31.6 Å². The first-order valence-electron chi connectivity index (χ1n) is 5.80. The summed E-state index contributed by atoms with van der Waals surface area (Å²) < 4.78 is 5.38. The average molecular weight is 235 g/mol. The fraction of sp³-hybridized carbons (Fsp3) is 0.500. The summed E-state index contributed by atoms with van der Waals surface area (Å²) in [5.74, 6) is 1.23. The maximum atomic E-state index is 11.1. The molecule has 0 amide bonds. The Balaban J connectivity index is 3.20. The van der Waals surface area contributed by atoms with Gasteiger partial charge in [-0.2, -0.15) is 0 Å². The van der Waals surface area contributed by atoms with Crippen molar-refractivity contribution < 1.29 is 9.53 Å². The second-order valence-electron chi connectivity index (χ2n) is 4.70. The number of aldehydes is 1. The van der Waals surface area contributed by atoms with Gasteiger partial charge in [-0.15, -0.1) is 0 Å². The second kappa shape index (κ2) is 5.82. The highest BCUT2D eigenvalue weighted by atomic mass is 16.5. The molecule has 1 aromatic rings. The van der Waals surface area contributed by atoms with E-state index in [1.807, 2.05) is 31.1 Å². The Hall–Kier alpha value is -1.35. The van der Waals surface area contributed by atoms with Gasteiger partial charge in [-0.25, -0.2) is 0 Å². The van der Waals surface area contributed by atoms with Crippen LogP contribution in [-0.4, -0.2) is 32.4 Å². The maximum absolute atomic E-state index is 11.1. The summed E-state index contributed by atoms with van der Waals surface area (Å²) in [5.41, 5.74) is 2.13. The molecular formula is C14H21NO2. The number of carbonyl (C=O) groups excluding carboxylic acids is 1. The van der Waals surface area contributed by atoms with E-state index in [1.165, 1.54) is 5.56 Å². The summed E-state index contributed by atoms with van der Waals surface area (Å²) in [4.78, 5) is 13.0. The zero-order valence-corrected chi connectivity index (χ0v) is 11.2. The molecule has 0 radical (unpaired) electrons. The molecule has 0 saturated carbocycles. The summed E-state index contributed by atoms with van der Waals surface area (Å²) in [7, 11) is 5.41. The van der Waals surface area contributed by atoms with Crippen LogP contribution in [0, 0.1) is 0 Å². The van der Waals surface area contributed by atoms with Crippen LogP contribution in [0.2, 0.25) is 0 Å². The summed E-state index contributed by atoms with van der Waals surface area (Å²) in [6.45, 7) is 4.27. The highest BCUT2D eigenvalue weighted by Gasteiger charge is 2.18. The molecule has 0 heterocycles. The van der Waals surface area contributed by atoms with Crippen LogP contribution in [0.15, 0.2) is 18.2 Å². The van der Waals surface area contributed by atoms with Crippen LogP contribution >= 0.6 is 0 Å². The molecule has 0 aromatic heterocycles. The van der Waals surface area contributed by atoms with Gasteiger partial charge in [0, 0.05) is 5.56 Å². The van der Waals surface area contributed by atoms with Crippen molar-refractivity contribution in [3.05, 3.63) is 29.3 Å². The van der Waals surface area contributed by atoms with Crippen LogP contribution < -0.4 is 4.74 Å². The van der Waals surface area contributed by atoms with Crippen molar-refractivity contribution in [2.45, 2.75) is 25.8 Å². The van der Waals surface area contributed by atoms with E-state index in [4.69, 9.17) is 4.74 Å². The lowest BCUT2D eigenvalue weighted by molar-refractivity contribution is -0.111. The Labute approximate surface area is 103 Å². The standard InChI is InChI=1S/C14H21NO2/c1-10(2)11-6-7-12(14(8-11)17-5)13(9-16)15(3)4/h6-10,13H,1-5H3. The first-order valence-corrected chi connectivity index (χ1v) is 5.80. The van der Waals surface area contributed by atoms with Crippen molar-refractivity contribution in [2.75, 3.05) is 21.2 Å². The Kier molecular flexibility index (Phi) is 4.70. The molecule has 0 spiro atoms. The smallest absolute Gasteiger partial charge is 0.141 e. The number of benzene rings is 1. The van der Waals surface area contributed by atoms with Crippen molar-refractivity contribution >= 4 is 6.29 Å². The van der Waals surface area contributed by atoms with Crippen molar-refractivity contribution in [1.29, 1.82) is 0 Å². The molecule has 0 aliphatic carbocycles. The highest BCUT2D eigenvalue weighted by Crippen LogP contribution is 2.30. The molecule has 17 heavy (non-hydrogen) atoms. The molecule has 3 heteroatoms. The third kappa shape index (κ3) is 3.07. The molecule has 3 nitrogen and oxygen atoms in total. The van der Waals surface area contributed by atoms with Crippen LogP contribution in [-0.2, 0) is 4.79 Å². The lowest BCUT2D eigenvalue weighted by Gasteiger charge is -2.22. The third-order valence-electron chi connectivity index (χ3n) is 2.93. The number of nitrogens with zero attached hydrogens (tertiary/aromatic N) is 1. The fourth-order valence-corrected chi connectivity index (χ4v) is 1.80. The Bertz CT molecular complexity index is 386. The molecule has 94 valence electrons. The van der Waals surface area contributed by atoms with Crippen LogP contribution in [0.25, 0.3) is 0 Å². The van der Waals surface area contributed by atoms with E-state index < -0.39 is 0 Å². The topological polar surface area (TPSA) is 29.5 Å². The van der Waals surface area contributed by atoms with E-state index in [0.29, 0.717) is 5.92 Å². The second-order valence-corrected chi connectivity index (χ2v) is 4.70.